The van der Waals surface area contributed by atoms with Crippen LogP contribution in [0.4, 0.5) is 5.69 Å². The number of benzene rings is 1. The Morgan fingerprint density at radius 2 is 1.81 bits per heavy atom. The molecule has 0 saturated heterocycles. The Balaban J connectivity index is 1.97. The van der Waals surface area contributed by atoms with E-state index >= 15 is 0 Å². The number of hydrogen-bond donors (Lipinski definition) is 0. The van der Waals surface area contributed by atoms with Gasteiger partial charge < -0.3 is 4.74 Å². The number of hydrogen-bond acceptors (Lipinski definition) is 5. The summed E-state index contributed by atoms with van der Waals surface area (Å²) in [5, 5.41) is 2.70. The van der Waals surface area contributed by atoms with Crippen LogP contribution in [0.1, 0.15) is 5.56 Å². The van der Waals surface area contributed by atoms with Gasteiger partial charge in [0.1, 0.15) is 12.3 Å². The van der Waals surface area contributed by atoms with Crippen LogP contribution in [0, 0.1) is 4.91 Å². The van der Waals surface area contributed by atoms with Crippen molar-refractivity contribution in [3.63, 3.8) is 0 Å². The second-order valence-electron chi connectivity index (χ2n) is 3.09. The molecule has 0 fully saturated rings. The molecule has 2 aromatic rings. The van der Waals surface area contributed by atoms with Crippen LogP contribution in [0.5, 0.6) is 6.01 Å². The highest BCUT2D eigenvalue weighted by atomic mass is 16.5. The van der Waals surface area contributed by atoms with Crippen molar-refractivity contribution in [1.82, 2.24) is 9.97 Å². The third-order valence-corrected chi connectivity index (χ3v) is 1.93. The first-order valence-electron chi connectivity index (χ1n) is 4.70. The monoisotopic (exact) mass is 215 g/mol. The Morgan fingerprint density at radius 3 is 2.44 bits per heavy atom. The van der Waals surface area contributed by atoms with Crippen molar-refractivity contribution in [3.05, 3.63) is 53.2 Å². The van der Waals surface area contributed by atoms with E-state index in [0.717, 1.165) is 5.56 Å². The first kappa shape index (κ1) is 10.2. The largest absolute Gasteiger partial charge is 0.459 e. The maximum Gasteiger partial charge on any atom is 0.316 e. The zero-order valence-electron chi connectivity index (χ0n) is 8.41. The molecule has 0 N–H and O–H groups in total. The van der Waals surface area contributed by atoms with Crippen LogP contribution in [0.2, 0.25) is 0 Å². The summed E-state index contributed by atoms with van der Waals surface area (Å²) in [4.78, 5) is 17.8. The zero-order valence-corrected chi connectivity index (χ0v) is 8.41. The van der Waals surface area contributed by atoms with Crippen molar-refractivity contribution in [2.45, 2.75) is 6.61 Å². The van der Waals surface area contributed by atoms with E-state index in [1.54, 1.807) is 0 Å². The minimum atomic E-state index is 0.187. The molecule has 5 heteroatoms. The molecule has 0 radical (unpaired) electrons. The van der Waals surface area contributed by atoms with Crippen molar-refractivity contribution in [2.75, 3.05) is 0 Å². The van der Waals surface area contributed by atoms with E-state index in [4.69, 9.17) is 4.74 Å². The van der Waals surface area contributed by atoms with Crippen LogP contribution in [-0.2, 0) is 6.61 Å². The number of rotatable bonds is 4. The second kappa shape index (κ2) is 4.97. The van der Waals surface area contributed by atoms with E-state index in [2.05, 4.69) is 15.1 Å². The molecule has 0 spiro atoms. The molecule has 0 amide bonds. The average molecular weight is 215 g/mol. The summed E-state index contributed by atoms with van der Waals surface area (Å²) in [6, 6.07) is 9.92. The van der Waals surface area contributed by atoms with E-state index in [0.29, 0.717) is 6.61 Å². The number of aromatic nitrogens is 2. The molecule has 80 valence electrons. The first-order chi connectivity index (χ1) is 7.88. The third-order valence-electron chi connectivity index (χ3n) is 1.93. The van der Waals surface area contributed by atoms with Crippen LogP contribution >= 0.6 is 0 Å². The van der Waals surface area contributed by atoms with Crippen LogP contribution in [0.15, 0.2) is 47.9 Å². The first-order valence-corrected chi connectivity index (χ1v) is 4.70. The summed E-state index contributed by atoms with van der Waals surface area (Å²) in [6.07, 6.45) is 2.64. The third kappa shape index (κ3) is 2.60. The Hall–Kier alpha value is -2.30. The van der Waals surface area contributed by atoms with Crippen molar-refractivity contribution in [1.29, 1.82) is 0 Å². The molecule has 5 nitrogen and oxygen atoms in total. The minimum Gasteiger partial charge on any atom is -0.459 e. The molecule has 1 aromatic heterocycles. The normalized spacial score (nSPS) is 9.75. The van der Waals surface area contributed by atoms with E-state index < -0.39 is 0 Å². The molecule has 0 bridgehead atoms. The predicted molar refractivity (Wildman–Crippen MR) is 58.3 cm³/mol. The van der Waals surface area contributed by atoms with E-state index in [1.165, 1.54) is 12.4 Å². The highest BCUT2D eigenvalue weighted by Gasteiger charge is 1.99. The smallest absolute Gasteiger partial charge is 0.316 e. The van der Waals surface area contributed by atoms with Crippen LogP contribution < -0.4 is 4.74 Å². The summed E-state index contributed by atoms with van der Waals surface area (Å²) in [5.74, 6) is 0. The van der Waals surface area contributed by atoms with E-state index in [-0.39, 0.29) is 11.7 Å². The highest BCUT2D eigenvalue weighted by Crippen LogP contribution is 2.11. The summed E-state index contributed by atoms with van der Waals surface area (Å²) in [6.45, 7) is 0.398. The number of nitrogens with zero attached hydrogens (tertiary/aromatic N) is 3. The van der Waals surface area contributed by atoms with Crippen LogP contribution in [0.25, 0.3) is 0 Å². The second-order valence-corrected chi connectivity index (χ2v) is 3.09. The quantitative estimate of drug-likeness (QED) is 0.735. The van der Waals surface area contributed by atoms with Crippen molar-refractivity contribution >= 4 is 5.69 Å². The SMILES string of the molecule is O=Nc1cnc(OCc2ccccc2)nc1. The predicted octanol–water partition coefficient (Wildman–Crippen LogP) is 2.45. The molecule has 16 heavy (non-hydrogen) atoms. The average Bonchev–Trinajstić information content (AvgIpc) is 2.38. The standard InChI is InChI=1S/C11H9N3O2/c15-14-10-6-12-11(13-7-10)16-8-9-4-2-1-3-5-9/h1-7H,8H2. The molecule has 0 atom stereocenters. The molecule has 2 rings (SSSR count). The van der Waals surface area contributed by atoms with Gasteiger partial charge in [-0.05, 0) is 10.7 Å². The van der Waals surface area contributed by atoms with E-state index in [9.17, 15) is 4.91 Å². The van der Waals surface area contributed by atoms with Gasteiger partial charge in [-0.15, -0.1) is 4.91 Å². The van der Waals surface area contributed by atoms with Gasteiger partial charge in [-0.1, -0.05) is 30.3 Å². The van der Waals surface area contributed by atoms with Gasteiger partial charge in [0, 0.05) is 0 Å². The topological polar surface area (TPSA) is 64.4 Å². The fraction of sp³-hybridized carbons (Fsp3) is 0.0909. The maximum atomic E-state index is 10.1. The summed E-state index contributed by atoms with van der Waals surface area (Å²) >= 11 is 0. The van der Waals surface area contributed by atoms with Crippen molar-refractivity contribution < 1.29 is 4.74 Å². The van der Waals surface area contributed by atoms with Gasteiger partial charge >= 0.3 is 6.01 Å². The van der Waals surface area contributed by atoms with Gasteiger partial charge in [0.05, 0.1) is 12.4 Å². The van der Waals surface area contributed by atoms with Crippen LogP contribution in [-0.4, -0.2) is 9.97 Å². The summed E-state index contributed by atoms with van der Waals surface area (Å²) in [7, 11) is 0. The van der Waals surface area contributed by atoms with Crippen molar-refractivity contribution in [2.24, 2.45) is 5.18 Å². The van der Waals surface area contributed by atoms with Gasteiger partial charge in [0.25, 0.3) is 0 Å². The molecule has 0 aliphatic heterocycles. The summed E-state index contributed by atoms with van der Waals surface area (Å²) < 4.78 is 5.33. The Morgan fingerprint density at radius 1 is 1.12 bits per heavy atom. The number of ether oxygens (including phenoxy) is 1. The lowest BCUT2D eigenvalue weighted by atomic mass is 10.2. The zero-order chi connectivity index (χ0) is 11.2. The van der Waals surface area contributed by atoms with Gasteiger partial charge in [-0.2, -0.15) is 0 Å². The molecule has 0 aliphatic rings. The fourth-order valence-electron chi connectivity index (χ4n) is 1.15. The Labute approximate surface area is 92.1 Å². The Bertz CT molecular complexity index is 456. The molecule has 0 saturated carbocycles. The van der Waals surface area contributed by atoms with Crippen molar-refractivity contribution in [3.8, 4) is 6.01 Å². The van der Waals surface area contributed by atoms with Gasteiger partial charge in [0.2, 0.25) is 0 Å². The maximum absolute atomic E-state index is 10.1. The van der Waals surface area contributed by atoms with Gasteiger partial charge in [-0.25, -0.2) is 9.97 Å². The molecule has 0 aliphatic carbocycles. The van der Waals surface area contributed by atoms with Gasteiger partial charge in [-0.3, -0.25) is 0 Å². The van der Waals surface area contributed by atoms with E-state index in [1.807, 2.05) is 30.3 Å². The van der Waals surface area contributed by atoms with Gasteiger partial charge in [0.15, 0.2) is 0 Å². The molecular weight excluding hydrogens is 206 g/mol. The van der Waals surface area contributed by atoms with Crippen LogP contribution in [0.3, 0.4) is 0 Å². The summed E-state index contributed by atoms with van der Waals surface area (Å²) in [5.41, 5.74) is 1.22. The fourth-order valence-corrected chi connectivity index (χ4v) is 1.15. The molecule has 1 heterocycles. The molecule has 1 aromatic carbocycles. The number of nitroso groups, excluding NO2 is 1. The Kier molecular flexibility index (Phi) is 3.18. The molecular formula is C11H9N3O2. The molecule has 0 unspecified atom stereocenters. The lowest BCUT2D eigenvalue weighted by Crippen LogP contribution is -1.98. The lowest BCUT2D eigenvalue weighted by Gasteiger charge is -2.03. The highest BCUT2D eigenvalue weighted by molar-refractivity contribution is 5.29. The minimum absolute atomic E-state index is 0.187. The lowest BCUT2D eigenvalue weighted by molar-refractivity contribution is 0.280.